The SMILES string of the molecule is COCCOCCOCCOCC1CCC(OC(C)=O)C(O)C1. The third kappa shape index (κ3) is 9.88. The van der Waals surface area contributed by atoms with Crippen LogP contribution in [0.1, 0.15) is 26.2 Å². The van der Waals surface area contributed by atoms with Crippen LogP contribution in [0.5, 0.6) is 0 Å². The van der Waals surface area contributed by atoms with Crippen LogP contribution in [0.3, 0.4) is 0 Å². The van der Waals surface area contributed by atoms with Crippen molar-refractivity contribution in [3.8, 4) is 0 Å². The van der Waals surface area contributed by atoms with E-state index in [0.717, 1.165) is 6.42 Å². The summed E-state index contributed by atoms with van der Waals surface area (Å²) in [6.07, 6.45) is 1.21. The van der Waals surface area contributed by atoms with Gasteiger partial charge in [0, 0.05) is 20.6 Å². The minimum atomic E-state index is -0.596. The maximum atomic E-state index is 10.9. The highest BCUT2D eigenvalue weighted by atomic mass is 16.6. The molecular formula is C16H30O7. The Hall–Kier alpha value is -0.730. The molecule has 0 aromatic carbocycles. The van der Waals surface area contributed by atoms with Crippen LogP contribution in [0.4, 0.5) is 0 Å². The van der Waals surface area contributed by atoms with Gasteiger partial charge >= 0.3 is 5.97 Å². The number of aliphatic hydroxyl groups is 1. The van der Waals surface area contributed by atoms with E-state index in [1.807, 2.05) is 0 Å². The van der Waals surface area contributed by atoms with E-state index in [1.54, 1.807) is 7.11 Å². The maximum Gasteiger partial charge on any atom is 0.302 e. The highest BCUT2D eigenvalue weighted by molar-refractivity contribution is 5.66. The lowest BCUT2D eigenvalue weighted by Gasteiger charge is -2.32. The summed E-state index contributed by atoms with van der Waals surface area (Å²) < 4.78 is 26.2. The van der Waals surface area contributed by atoms with Crippen LogP contribution in [0, 0.1) is 5.92 Å². The van der Waals surface area contributed by atoms with Crippen LogP contribution in [-0.2, 0) is 28.5 Å². The van der Waals surface area contributed by atoms with E-state index in [-0.39, 0.29) is 12.1 Å². The minimum absolute atomic E-state index is 0.300. The standard InChI is InChI=1S/C16H30O7/c1-13(17)23-16-4-3-14(11-15(16)18)12-22-10-9-21-8-7-20-6-5-19-2/h14-16,18H,3-12H2,1-2H3. The molecule has 3 atom stereocenters. The number of aliphatic hydroxyl groups excluding tert-OH is 1. The van der Waals surface area contributed by atoms with Crippen molar-refractivity contribution in [1.82, 2.24) is 0 Å². The Morgan fingerprint density at radius 1 is 1.00 bits per heavy atom. The summed E-state index contributed by atoms with van der Waals surface area (Å²) in [5.74, 6) is -0.0405. The molecule has 0 amide bonds. The summed E-state index contributed by atoms with van der Waals surface area (Å²) in [5, 5.41) is 9.97. The molecule has 0 saturated heterocycles. The lowest BCUT2D eigenvalue weighted by Crippen LogP contribution is -2.38. The number of ether oxygens (including phenoxy) is 5. The molecule has 1 N–H and O–H groups in total. The first-order valence-electron chi connectivity index (χ1n) is 8.21. The lowest BCUT2D eigenvalue weighted by molar-refractivity contribution is -0.156. The zero-order valence-corrected chi connectivity index (χ0v) is 14.2. The molecule has 136 valence electrons. The first-order valence-corrected chi connectivity index (χ1v) is 8.21. The van der Waals surface area contributed by atoms with Crippen molar-refractivity contribution in [2.45, 2.75) is 38.4 Å². The van der Waals surface area contributed by atoms with Gasteiger partial charge in [-0.3, -0.25) is 4.79 Å². The topological polar surface area (TPSA) is 83.5 Å². The molecule has 1 aliphatic carbocycles. The van der Waals surface area contributed by atoms with Crippen LogP contribution >= 0.6 is 0 Å². The van der Waals surface area contributed by atoms with Crippen LogP contribution in [-0.4, -0.2) is 76.6 Å². The average molecular weight is 334 g/mol. The molecule has 1 rings (SSSR count). The number of carbonyl (C=O) groups excluding carboxylic acids is 1. The lowest BCUT2D eigenvalue weighted by atomic mass is 9.86. The summed E-state index contributed by atoms with van der Waals surface area (Å²) in [4.78, 5) is 10.9. The second-order valence-corrected chi connectivity index (χ2v) is 5.69. The summed E-state index contributed by atoms with van der Waals surface area (Å²) in [7, 11) is 1.64. The van der Waals surface area contributed by atoms with E-state index < -0.39 is 6.10 Å². The van der Waals surface area contributed by atoms with E-state index in [4.69, 9.17) is 23.7 Å². The van der Waals surface area contributed by atoms with E-state index in [9.17, 15) is 9.90 Å². The monoisotopic (exact) mass is 334 g/mol. The first kappa shape index (κ1) is 20.3. The number of rotatable bonds is 12. The van der Waals surface area contributed by atoms with E-state index in [2.05, 4.69) is 0 Å². The van der Waals surface area contributed by atoms with Gasteiger partial charge in [-0.05, 0) is 25.2 Å². The molecule has 7 nitrogen and oxygen atoms in total. The maximum absolute atomic E-state index is 10.9. The van der Waals surface area contributed by atoms with Gasteiger partial charge in [-0.25, -0.2) is 0 Å². The fourth-order valence-electron chi connectivity index (χ4n) is 2.54. The number of hydrogen-bond donors (Lipinski definition) is 1. The molecule has 1 aliphatic rings. The Kier molecular flexibility index (Phi) is 11.2. The van der Waals surface area contributed by atoms with Crippen molar-refractivity contribution in [2.24, 2.45) is 5.92 Å². The van der Waals surface area contributed by atoms with Crippen LogP contribution < -0.4 is 0 Å². The fourth-order valence-corrected chi connectivity index (χ4v) is 2.54. The minimum Gasteiger partial charge on any atom is -0.460 e. The first-order chi connectivity index (χ1) is 11.1. The quantitative estimate of drug-likeness (QED) is 0.417. The van der Waals surface area contributed by atoms with Gasteiger partial charge in [-0.15, -0.1) is 0 Å². The normalized spacial score (nSPS) is 24.6. The second-order valence-electron chi connectivity index (χ2n) is 5.69. The fraction of sp³-hybridized carbons (Fsp3) is 0.938. The smallest absolute Gasteiger partial charge is 0.302 e. The van der Waals surface area contributed by atoms with E-state index >= 15 is 0 Å². The molecular weight excluding hydrogens is 304 g/mol. The molecule has 0 bridgehead atoms. The number of esters is 1. The zero-order chi connectivity index (χ0) is 16.9. The largest absolute Gasteiger partial charge is 0.460 e. The van der Waals surface area contributed by atoms with Gasteiger partial charge in [0.15, 0.2) is 0 Å². The Morgan fingerprint density at radius 3 is 2.17 bits per heavy atom. The van der Waals surface area contributed by atoms with Gasteiger partial charge in [0.05, 0.1) is 45.7 Å². The molecule has 0 spiro atoms. The van der Waals surface area contributed by atoms with Gasteiger partial charge in [0.1, 0.15) is 6.10 Å². The van der Waals surface area contributed by atoms with E-state index in [1.165, 1.54) is 6.92 Å². The van der Waals surface area contributed by atoms with Crippen LogP contribution in [0.25, 0.3) is 0 Å². The predicted molar refractivity (Wildman–Crippen MR) is 83.2 cm³/mol. The van der Waals surface area contributed by atoms with Gasteiger partial charge in [-0.1, -0.05) is 0 Å². The number of methoxy groups -OCH3 is 1. The third-order valence-electron chi connectivity index (χ3n) is 3.71. The molecule has 23 heavy (non-hydrogen) atoms. The van der Waals surface area contributed by atoms with Crippen molar-refractivity contribution in [1.29, 1.82) is 0 Å². The van der Waals surface area contributed by atoms with Crippen LogP contribution in [0.15, 0.2) is 0 Å². The van der Waals surface area contributed by atoms with Crippen molar-refractivity contribution in [3.05, 3.63) is 0 Å². The molecule has 0 heterocycles. The Balaban J connectivity index is 1.93. The molecule has 0 aromatic rings. The van der Waals surface area contributed by atoms with E-state index in [0.29, 0.717) is 65.0 Å². The third-order valence-corrected chi connectivity index (χ3v) is 3.71. The molecule has 1 saturated carbocycles. The molecule has 1 fully saturated rings. The van der Waals surface area contributed by atoms with Gasteiger partial charge < -0.3 is 28.8 Å². The second kappa shape index (κ2) is 12.7. The van der Waals surface area contributed by atoms with Crippen molar-refractivity contribution < 1.29 is 33.6 Å². The van der Waals surface area contributed by atoms with Gasteiger partial charge in [0.2, 0.25) is 0 Å². The highest BCUT2D eigenvalue weighted by Crippen LogP contribution is 2.27. The molecule has 0 aliphatic heterocycles. The summed E-state index contributed by atoms with van der Waals surface area (Å²) in [6, 6.07) is 0. The highest BCUT2D eigenvalue weighted by Gasteiger charge is 2.31. The average Bonchev–Trinajstić information content (AvgIpc) is 2.51. The zero-order valence-electron chi connectivity index (χ0n) is 14.2. The Labute approximate surface area is 138 Å². The molecule has 3 unspecified atom stereocenters. The summed E-state index contributed by atoms with van der Waals surface area (Å²) >= 11 is 0. The predicted octanol–water partition coefficient (Wildman–Crippen LogP) is 0.775. The van der Waals surface area contributed by atoms with Crippen molar-refractivity contribution >= 4 is 5.97 Å². The van der Waals surface area contributed by atoms with Gasteiger partial charge in [0.25, 0.3) is 0 Å². The Bertz CT molecular complexity index is 311. The van der Waals surface area contributed by atoms with Crippen molar-refractivity contribution in [3.63, 3.8) is 0 Å². The molecule has 7 heteroatoms. The summed E-state index contributed by atoms with van der Waals surface area (Å²) in [6.45, 7) is 5.28. The number of carbonyl (C=O) groups is 1. The Morgan fingerprint density at radius 2 is 1.61 bits per heavy atom. The number of hydrogen-bond acceptors (Lipinski definition) is 7. The van der Waals surface area contributed by atoms with Crippen molar-refractivity contribution in [2.75, 3.05) is 53.4 Å². The molecule has 0 aromatic heterocycles. The van der Waals surface area contributed by atoms with Gasteiger partial charge in [-0.2, -0.15) is 0 Å². The molecule has 0 radical (unpaired) electrons. The van der Waals surface area contributed by atoms with Crippen LogP contribution in [0.2, 0.25) is 0 Å². The summed E-state index contributed by atoms with van der Waals surface area (Å²) in [5.41, 5.74) is 0.